The molecule has 0 saturated carbocycles. The zero-order chi connectivity index (χ0) is 33.8. The van der Waals surface area contributed by atoms with Crippen molar-refractivity contribution in [3.63, 3.8) is 0 Å². The van der Waals surface area contributed by atoms with Crippen LogP contribution >= 0.6 is 11.3 Å². The van der Waals surface area contributed by atoms with E-state index in [4.69, 9.17) is 9.47 Å². The molecule has 2 aliphatic heterocycles. The van der Waals surface area contributed by atoms with Gasteiger partial charge < -0.3 is 40.0 Å². The van der Waals surface area contributed by atoms with Gasteiger partial charge in [-0.05, 0) is 80.3 Å². The number of likely N-dealkylation sites (tertiary alicyclic amines) is 1. The lowest BCUT2D eigenvalue weighted by molar-refractivity contribution is -0.128. The summed E-state index contributed by atoms with van der Waals surface area (Å²) in [5.74, 6) is -0.121. The summed E-state index contributed by atoms with van der Waals surface area (Å²) in [6.07, 6.45) is 1.12. The number of amides is 1. The minimum atomic E-state index is -0.887. The predicted octanol–water partition coefficient (Wildman–Crippen LogP) is 3.91. The first-order valence-corrected chi connectivity index (χ1v) is 17.1. The topological polar surface area (TPSA) is 148 Å². The quantitative estimate of drug-likeness (QED) is 0.149. The third kappa shape index (κ3) is 7.66. The molecule has 3 aromatic carbocycles. The van der Waals surface area contributed by atoms with Crippen LogP contribution in [0, 0.1) is 5.82 Å². The zero-order valence-electron chi connectivity index (χ0n) is 26.8. The Morgan fingerprint density at radius 1 is 1.10 bits per heavy atom. The fraction of sp³-hybridized carbons (Fsp3) is 0.429. The van der Waals surface area contributed by atoms with E-state index in [0.29, 0.717) is 67.3 Å². The van der Waals surface area contributed by atoms with Gasteiger partial charge in [-0.3, -0.25) is 14.5 Å². The van der Waals surface area contributed by atoms with Crippen molar-refractivity contribution < 1.29 is 34.0 Å². The van der Waals surface area contributed by atoms with E-state index in [1.54, 1.807) is 29.2 Å². The highest BCUT2D eigenvalue weighted by Crippen LogP contribution is 2.34. The Bertz CT molecular complexity index is 1820. The number of aromatic nitrogens is 1. The number of carbonyl (C=O) groups excluding carboxylic acids is 1. The number of hydrogen-bond donors (Lipinski definition) is 5. The number of ether oxygens (including phenoxy) is 2. The minimum Gasteiger partial charge on any atom is -0.507 e. The number of aliphatic hydroxyl groups excluding tert-OH is 1. The number of phenols is 2. The number of rotatable bonds is 11. The third-order valence-corrected chi connectivity index (χ3v) is 10.0. The van der Waals surface area contributed by atoms with Gasteiger partial charge in [0, 0.05) is 38.3 Å². The average molecular weight is 681 g/mol. The number of aromatic amines is 1. The fourth-order valence-corrected chi connectivity index (χ4v) is 7.57. The molecule has 4 aromatic rings. The number of nitrogens with one attached hydrogen (secondary N) is 2. The molecular formula is C35H41FN4O7S. The van der Waals surface area contributed by atoms with Crippen molar-refractivity contribution in [3.05, 3.63) is 86.3 Å². The Morgan fingerprint density at radius 3 is 2.67 bits per heavy atom. The van der Waals surface area contributed by atoms with Crippen LogP contribution in [0.2, 0.25) is 0 Å². The number of aliphatic hydroxyl groups is 1. The van der Waals surface area contributed by atoms with Crippen molar-refractivity contribution in [3.8, 4) is 17.2 Å². The molecular weight excluding hydrogens is 639 g/mol. The Kier molecular flexibility index (Phi) is 10.3. The molecule has 1 spiro atoms. The highest BCUT2D eigenvalue weighted by molar-refractivity contribution is 7.16. The maximum Gasteiger partial charge on any atom is 0.305 e. The SMILES string of the molecule is CCOc1ccc(O)c(C(=O)N2CCOC3(CCN(Cc4cc(F)cc(CCNC[C@H](O)c5ccc(O)c6[nH]c(=O)sc56)c4)CC3)C2)c1. The van der Waals surface area contributed by atoms with Crippen molar-refractivity contribution >= 4 is 27.5 Å². The Labute approximate surface area is 281 Å². The molecule has 2 saturated heterocycles. The number of benzene rings is 3. The molecule has 6 rings (SSSR count). The molecule has 11 nitrogen and oxygen atoms in total. The second-order valence-corrected chi connectivity index (χ2v) is 13.5. The summed E-state index contributed by atoms with van der Waals surface area (Å²) >= 11 is 0.944. The molecule has 0 radical (unpaired) electrons. The van der Waals surface area contributed by atoms with Gasteiger partial charge in [-0.2, -0.15) is 0 Å². The van der Waals surface area contributed by atoms with Crippen LogP contribution in [0.25, 0.3) is 10.2 Å². The zero-order valence-corrected chi connectivity index (χ0v) is 27.7. The number of halogens is 1. The summed E-state index contributed by atoms with van der Waals surface area (Å²) in [4.78, 5) is 31.5. The summed E-state index contributed by atoms with van der Waals surface area (Å²) in [5.41, 5.74) is 2.35. The summed E-state index contributed by atoms with van der Waals surface area (Å²) < 4.78 is 27.0. The molecule has 13 heteroatoms. The third-order valence-electron chi connectivity index (χ3n) is 9.11. The minimum absolute atomic E-state index is 0.0404. The maximum absolute atomic E-state index is 14.7. The van der Waals surface area contributed by atoms with Crippen LogP contribution in [0.4, 0.5) is 4.39 Å². The van der Waals surface area contributed by atoms with Gasteiger partial charge in [0.2, 0.25) is 0 Å². The molecule has 2 aliphatic rings. The molecule has 0 unspecified atom stereocenters. The molecule has 5 N–H and O–H groups in total. The van der Waals surface area contributed by atoms with Crippen molar-refractivity contribution in [1.82, 2.24) is 20.1 Å². The number of piperidine rings is 1. The number of H-pyrrole nitrogens is 1. The van der Waals surface area contributed by atoms with E-state index < -0.39 is 11.7 Å². The van der Waals surface area contributed by atoms with E-state index in [1.807, 2.05) is 13.0 Å². The number of nitrogens with zero attached hydrogens (tertiary/aromatic N) is 2. The van der Waals surface area contributed by atoms with Crippen LogP contribution in [-0.2, 0) is 17.7 Å². The van der Waals surface area contributed by atoms with Crippen molar-refractivity contribution in [2.75, 3.05) is 52.5 Å². The van der Waals surface area contributed by atoms with Gasteiger partial charge in [0.1, 0.15) is 28.6 Å². The van der Waals surface area contributed by atoms with Gasteiger partial charge in [0.15, 0.2) is 0 Å². The van der Waals surface area contributed by atoms with E-state index in [2.05, 4.69) is 15.2 Å². The van der Waals surface area contributed by atoms with Gasteiger partial charge in [-0.15, -0.1) is 0 Å². The van der Waals surface area contributed by atoms with Crippen LogP contribution in [0.15, 0.2) is 53.3 Å². The van der Waals surface area contributed by atoms with E-state index in [9.17, 15) is 29.3 Å². The standard InChI is InChI=1S/C35H41FN4O7S/c1-2-46-25-3-5-28(41)27(18-25)33(44)40-13-14-47-35(21-40)8-11-39(12-9-35)20-23-15-22(16-24(36)17-23)7-10-37-19-30(43)26-4-6-29(42)31-32(26)48-34(45)38-31/h3-6,15-18,30,37,41-43H,2,7-14,19-21H2,1H3,(H,38,45)/t30-/m0/s1. The van der Waals surface area contributed by atoms with Crippen molar-refractivity contribution in [1.29, 1.82) is 0 Å². The van der Waals surface area contributed by atoms with Gasteiger partial charge in [0.25, 0.3) is 5.91 Å². The molecule has 1 atom stereocenters. The molecule has 0 aliphatic carbocycles. The van der Waals surface area contributed by atoms with Crippen LogP contribution in [0.3, 0.4) is 0 Å². The number of aromatic hydroxyl groups is 2. The lowest BCUT2D eigenvalue weighted by Crippen LogP contribution is -2.57. The van der Waals surface area contributed by atoms with Crippen molar-refractivity contribution in [2.45, 2.75) is 44.4 Å². The van der Waals surface area contributed by atoms with Gasteiger partial charge >= 0.3 is 4.87 Å². The summed E-state index contributed by atoms with van der Waals surface area (Å²) in [6.45, 7) is 6.42. The van der Waals surface area contributed by atoms with Gasteiger partial charge in [-0.1, -0.05) is 23.5 Å². The molecule has 1 aromatic heterocycles. The second-order valence-electron chi connectivity index (χ2n) is 12.5. The van der Waals surface area contributed by atoms with Gasteiger partial charge in [-0.25, -0.2) is 4.39 Å². The summed E-state index contributed by atoms with van der Waals surface area (Å²) in [7, 11) is 0. The first-order valence-electron chi connectivity index (χ1n) is 16.3. The maximum atomic E-state index is 14.7. The monoisotopic (exact) mass is 680 g/mol. The number of fused-ring (bicyclic) bond motifs is 1. The number of thiazole rings is 1. The summed E-state index contributed by atoms with van der Waals surface area (Å²) in [6, 6.07) is 12.9. The van der Waals surface area contributed by atoms with Crippen molar-refractivity contribution in [2.24, 2.45) is 0 Å². The smallest absolute Gasteiger partial charge is 0.305 e. The first kappa shape index (κ1) is 33.9. The second kappa shape index (κ2) is 14.6. The number of hydrogen-bond acceptors (Lipinski definition) is 10. The number of phenolic OH excluding ortho intramolecular Hbond substituents is 2. The normalized spacial score (nSPS) is 17.2. The molecule has 1 amide bonds. The fourth-order valence-electron chi connectivity index (χ4n) is 6.65. The highest BCUT2D eigenvalue weighted by Gasteiger charge is 2.41. The van der Waals surface area contributed by atoms with Crippen LogP contribution < -0.4 is 14.9 Å². The van der Waals surface area contributed by atoms with Crippen LogP contribution in [0.5, 0.6) is 17.2 Å². The van der Waals surface area contributed by atoms with Crippen LogP contribution in [-0.4, -0.2) is 94.1 Å². The molecule has 0 bridgehead atoms. The highest BCUT2D eigenvalue weighted by atomic mass is 32.1. The largest absolute Gasteiger partial charge is 0.507 e. The number of morpholine rings is 1. The Balaban J connectivity index is 0.999. The Hall–Kier alpha value is -4.01. The predicted molar refractivity (Wildman–Crippen MR) is 180 cm³/mol. The first-order chi connectivity index (χ1) is 23.1. The van der Waals surface area contributed by atoms with E-state index in [1.165, 1.54) is 18.2 Å². The number of carbonyl (C=O) groups is 1. The lowest BCUT2D eigenvalue weighted by Gasteiger charge is -2.47. The Morgan fingerprint density at radius 2 is 1.88 bits per heavy atom. The van der Waals surface area contributed by atoms with E-state index in [0.717, 1.165) is 48.4 Å². The molecule has 256 valence electrons. The van der Waals surface area contributed by atoms with E-state index in [-0.39, 0.29) is 40.2 Å². The van der Waals surface area contributed by atoms with Crippen LogP contribution in [0.1, 0.15) is 52.9 Å². The summed E-state index contributed by atoms with van der Waals surface area (Å²) in [5, 5.41) is 34.4. The average Bonchev–Trinajstić information content (AvgIpc) is 3.47. The van der Waals surface area contributed by atoms with E-state index >= 15 is 0 Å². The molecule has 48 heavy (non-hydrogen) atoms. The molecule has 2 fully saturated rings. The molecule has 3 heterocycles. The van der Waals surface area contributed by atoms with Gasteiger partial charge in [0.05, 0.1) is 41.7 Å². The lowest BCUT2D eigenvalue weighted by atomic mass is 9.88.